The third kappa shape index (κ3) is 2.46. The van der Waals surface area contributed by atoms with Crippen molar-refractivity contribution in [2.75, 3.05) is 0 Å². The Hall–Kier alpha value is -2.27. The quantitative estimate of drug-likeness (QED) is 0.743. The van der Waals surface area contributed by atoms with Gasteiger partial charge in [-0.05, 0) is 35.8 Å². The second-order valence-corrected chi connectivity index (χ2v) is 4.57. The molecule has 0 saturated carbocycles. The van der Waals surface area contributed by atoms with Gasteiger partial charge in [0.2, 0.25) is 4.77 Å². The van der Waals surface area contributed by atoms with Gasteiger partial charge in [0.1, 0.15) is 0 Å². The zero-order valence-electron chi connectivity index (χ0n) is 10.2. The fourth-order valence-corrected chi connectivity index (χ4v) is 2.23. The second-order valence-electron chi connectivity index (χ2n) is 4.21. The van der Waals surface area contributed by atoms with Gasteiger partial charge in [0.25, 0.3) is 0 Å². The zero-order valence-corrected chi connectivity index (χ0v) is 11.0. The maximum atomic E-state index is 5.15. The van der Waals surface area contributed by atoms with Crippen molar-refractivity contribution in [1.29, 1.82) is 0 Å². The molecule has 0 atom stereocenters. The Morgan fingerprint density at radius 3 is 2.47 bits per heavy atom. The van der Waals surface area contributed by atoms with Crippen molar-refractivity contribution >= 4 is 12.2 Å². The van der Waals surface area contributed by atoms with Gasteiger partial charge in [-0.2, -0.15) is 5.21 Å². The van der Waals surface area contributed by atoms with Crippen molar-refractivity contribution in [3.05, 3.63) is 70.5 Å². The lowest BCUT2D eigenvalue weighted by atomic mass is 10.0. The van der Waals surface area contributed by atoms with Crippen molar-refractivity contribution in [2.45, 2.75) is 6.42 Å². The van der Waals surface area contributed by atoms with E-state index in [1.165, 1.54) is 11.1 Å². The number of nitrogens with zero attached hydrogens (tertiary/aromatic N) is 3. The number of hydrogen-bond acceptors (Lipinski definition) is 3. The Labute approximate surface area is 115 Å². The van der Waals surface area contributed by atoms with Gasteiger partial charge in [-0.3, -0.25) is 0 Å². The predicted molar refractivity (Wildman–Crippen MR) is 75.8 cm³/mol. The van der Waals surface area contributed by atoms with Crippen LogP contribution in [0.15, 0.2) is 54.6 Å². The first kappa shape index (κ1) is 11.8. The monoisotopic (exact) mass is 268 g/mol. The fraction of sp³-hybridized carbons (Fsp3) is 0.0714. The normalized spacial score (nSPS) is 10.5. The summed E-state index contributed by atoms with van der Waals surface area (Å²) in [6.07, 6.45) is 0.845. The maximum absolute atomic E-state index is 5.15. The SMILES string of the molecule is S=c1nn[nH]n1-c1ccccc1Cc1ccccc1. The van der Waals surface area contributed by atoms with Crippen molar-refractivity contribution in [3.8, 4) is 5.69 Å². The average Bonchev–Trinajstić information content (AvgIpc) is 2.87. The lowest BCUT2D eigenvalue weighted by molar-refractivity contribution is 0.779. The number of aromatic nitrogens is 4. The molecule has 0 bridgehead atoms. The summed E-state index contributed by atoms with van der Waals surface area (Å²) in [6, 6.07) is 18.4. The van der Waals surface area contributed by atoms with E-state index >= 15 is 0 Å². The van der Waals surface area contributed by atoms with Gasteiger partial charge in [-0.1, -0.05) is 58.8 Å². The number of nitrogens with one attached hydrogen (secondary N) is 1. The topological polar surface area (TPSA) is 46.5 Å². The molecule has 3 rings (SSSR count). The van der Waals surface area contributed by atoms with Crippen LogP contribution in [0.4, 0.5) is 0 Å². The van der Waals surface area contributed by atoms with Gasteiger partial charge in [-0.15, -0.1) is 0 Å². The molecule has 0 aliphatic carbocycles. The van der Waals surface area contributed by atoms with Crippen LogP contribution in [0.5, 0.6) is 0 Å². The number of benzene rings is 2. The van der Waals surface area contributed by atoms with E-state index in [0.717, 1.165) is 12.1 Å². The van der Waals surface area contributed by atoms with E-state index in [1.807, 2.05) is 36.4 Å². The average molecular weight is 268 g/mol. The molecule has 2 aromatic carbocycles. The van der Waals surface area contributed by atoms with Crippen LogP contribution >= 0.6 is 12.2 Å². The van der Waals surface area contributed by atoms with Gasteiger partial charge in [0.15, 0.2) is 0 Å². The lowest BCUT2D eigenvalue weighted by Gasteiger charge is -2.09. The Bertz CT molecular complexity index is 730. The summed E-state index contributed by atoms with van der Waals surface area (Å²) < 4.78 is 2.15. The number of hydrogen-bond donors (Lipinski definition) is 1. The lowest BCUT2D eigenvalue weighted by Crippen LogP contribution is -2.02. The van der Waals surface area contributed by atoms with Gasteiger partial charge in [0.05, 0.1) is 5.69 Å². The highest BCUT2D eigenvalue weighted by Crippen LogP contribution is 2.17. The standard InChI is InChI=1S/C14H12N4S/c19-14-15-16-17-18(14)13-9-5-4-8-12(13)10-11-6-2-1-3-7-11/h1-9H,10H2,(H,15,17,19). The molecule has 1 N–H and O–H groups in total. The summed E-state index contributed by atoms with van der Waals surface area (Å²) in [5.41, 5.74) is 3.42. The van der Waals surface area contributed by atoms with E-state index in [1.54, 1.807) is 4.68 Å². The zero-order chi connectivity index (χ0) is 13.1. The van der Waals surface area contributed by atoms with Gasteiger partial charge in [0, 0.05) is 0 Å². The molecule has 94 valence electrons. The largest absolute Gasteiger partial charge is 0.242 e. The first-order valence-electron chi connectivity index (χ1n) is 5.97. The van der Waals surface area contributed by atoms with E-state index in [-0.39, 0.29) is 0 Å². The molecule has 3 aromatic rings. The van der Waals surface area contributed by atoms with E-state index < -0.39 is 0 Å². The molecular weight excluding hydrogens is 256 g/mol. The summed E-state index contributed by atoms with van der Waals surface area (Å²) in [4.78, 5) is 0. The molecule has 0 aliphatic heterocycles. The number of para-hydroxylation sites is 1. The molecule has 0 saturated heterocycles. The molecule has 0 amide bonds. The summed E-state index contributed by atoms with van der Waals surface area (Å²) in [7, 11) is 0. The molecule has 0 unspecified atom stereocenters. The van der Waals surface area contributed by atoms with Crippen LogP contribution in [-0.2, 0) is 6.42 Å². The smallest absolute Gasteiger partial charge is 0.209 e. The fourth-order valence-electron chi connectivity index (χ4n) is 2.05. The molecule has 0 fully saturated rings. The molecule has 1 aromatic heterocycles. The van der Waals surface area contributed by atoms with Crippen LogP contribution in [0.1, 0.15) is 11.1 Å². The highest BCUT2D eigenvalue weighted by Gasteiger charge is 2.06. The second kappa shape index (κ2) is 5.16. The first-order chi connectivity index (χ1) is 9.34. The molecule has 0 spiro atoms. The molecule has 4 nitrogen and oxygen atoms in total. The van der Waals surface area contributed by atoms with Crippen molar-refractivity contribution in [1.82, 2.24) is 20.2 Å². The molecular formula is C14H12N4S. The van der Waals surface area contributed by atoms with Crippen molar-refractivity contribution < 1.29 is 0 Å². The molecule has 1 heterocycles. The first-order valence-corrected chi connectivity index (χ1v) is 6.38. The van der Waals surface area contributed by atoms with E-state index in [4.69, 9.17) is 12.2 Å². The van der Waals surface area contributed by atoms with Gasteiger partial charge < -0.3 is 0 Å². The number of tetrazole rings is 1. The summed E-state index contributed by atoms with van der Waals surface area (Å²) in [5, 5.41) is 10.3. The molecule has 5 heteroatoms. The van der Waals surface area contributed by atoms with Crippen LogP contribution in [-0.4, -0.2) is 20.2 Å². The van der Waals surface area contributed by atoms with Crippen LogP contribution in [0.25, 0.3) is 5.69 Å². The van der Waals surface area contributed by atoms with Crippen LogP contribution in [0.2, 0.25) is 0 Å². The Balaban J connectivity index is 2.04. The predicted octanol–water partition coefficient (Wildman–Crippen LogP) is 2.92. The third-order valence-electron chi connectivity index (χ3n) is 2.94. The minimum Gasteiger partial charge on any atom is -0.209 e. The number of H-pyrrole nitrogens is 1. The molecule has 0 radical (unpaired) electrons. The highest BCUT2D eigenvalue weighted by molar-refractivity contribution is 7.71. The van der Waals surface area contributed by atoms with Crippen LogP contribution in [0, 0.1) is 4.77 Å². The maximum Gasteiger partial charge on any atom is 0.242 e. The molecule has 0 aliphatic rings. The summed E-state index contributed by atoms with van der Waals surface area (Å²) in [6.45, 7) is 0. The Morgan fingerprint density at radius 1 is 1.00 bits per heavy atom. The third-order valence-corrected chi connectivity index (χ3v) is 3.21. The highest BCUT2D eigenvalue weighted by atomic mass is 32.1. The summed E-state index contributed by atoms with van der Waals surface area (Å²) >= 11 is 5.15. The number of rotatable bonds is 3. The van der Waals surface area contributed by atoms with E-state index in [0.29, 0.717) is 4.77 Å². The van der Waals surface area contributed by atoms with Crippen LogP contribution in [0.3, 0.4) is 0 Å². The summed E-state index contributed by atoms with van der Waals surface area (Å²) in [5.74, 6) is 0. The van der Waals surface area contributed by atoms with Gasteiger partial charge >= 0.3 is 0 Å². The van der Waals surface area contributed by atoms with Gasteiger partial charge in [-0.25, -0.2) is 4.68 Å². The van der Waals surface area contributed by atoms with Crippen molar-refractivity contribution in [2.24, 2.45) is 0 Å². The van der Waals surface area contributed by atoms with E-state index in [2.05, 4.69) is 33.7 Å². The minimum absolute atomic E-state index is 0.431. The molecule has 19 heavy (non-hydrogen) atoms. The van der Waals surface area contributed by atoms with Crippen LogP contribution < -0.4 is 0 Å². The Morgan fingerprint density at radius 2 is 1.74 bits per heavy atom. The Kier molecular flexibility index (Phi) is 3.20. The number of aromatic amines is 1. The van der Waals surface area contributed by atoms with Crippen molar-refractivity contribution in [3.63, 3.8) is 0 Å². The minimum atomic E-state index is 0.431. The van der Waals surface area contributed by atoms with E-state index in [9.17, 15) is 0 Å².